The highest BCUT2D eigenvalue weighted by Gasteiger charge is 2.44. The van der Waals surface area contributed by atoms with E-state index in [0.29, 0.717) is 11.8 Å². The maximum atomic E-state index is 10.5. The molecule has 0 aromatic heterocycles. The van der Waals surface area contributed by atoms with E-state index in [0.717, 1.165) is 57.8 Å². The molecule has 4 unspecified atom stereocenters. The largest absolute Gasteiger partial charge is 0.393 e. The lowest BCUT2D eigenvalue weighted by atomic mass is 9.67. The van der Waals surface area contributed by atoms with Crippen molar-refractivity contribution in [3.05, 3.63) is 0 Å². The molecule has 21 heavy (non-hydrogen) atoms. The van der Waals surface area contributed by atoms with Crippen molar-refractivity contribution < 1.29 is 14.6 Å². The molecule has 0 amide bonds. The highest BCUT2D eigenvalue weighted by atomic mass is 16.5. The van der Waals surface area contributed by atoms with Gasteiger partial charge in [0.05, 0.1) is 11.7 Å². The average molecular weight is 296 g/mol. The van der Waals surface area contributed by atoms with Gasteiger partial charge in [0, 0.05) is 19.8 Å². The Morgan fingerprint density at radius 2 is 1.90 bits per heavy atom. The molecule has 1 spiro atoms. The summed E-state index contributed by atoms with van der Waals surface area (Å²) in [6, 6.07) is 0. The van der Waals surface area contributed by atoms with Crippen molar-refractivity contribution in [2.75, 3.05) is 19.8 Å². The predicted molar refractivity (Wildman–Crippen MR) is 83.2 cm³/mol. The van der Waals surface area contributed by atoms with Crippen LogP contribution >= 0.6 is 0 Å². The minimum atomic E-state index is -0.0712. The van der Waals surface area contributed by atoms with E-state index >= 15 is 0 Å². The van der Waals surface area contributed by atoms with Crippen LogP contribution in [0.5, 0.6) is 0 Å². The highest BCUT2D eigenvalue weighted by molar-refractivity contribution is 4.94. The van der Waals surface area contributed by atoms with Gasteiger partial charge in [-0.25, -0.2) is 0 Å². The van der Waals surface area contributed by atoms with Crippen molar-refractivity contribution in [1.29, 1.82) is 0 Å². The van der Waals surface area contributed by atoms with Gasteiger partial charge in [-0.1, -0.05) is 19.8 Å². The van der Waals surface area contributed by atoms with Crippen molar-refractivity contribution in [3.63, 3.8) is 0 Å². The van der Waals surface area contributed by atoms with Crippen LogP contribution in [0, 0.1) is 17.8 Å². The molecule has 1 saturated carbocycles. The molecule has 3 aliphatic rings. The van der Waals surface area contributed by atoms with Crippen LogP contribution in [0.3, 0.4) is 0 Å². The fraction of sp³-hybridized carbons (Fsp3) is 1.00. The summed E-state index contributed by atoms with van der Waals surface area (Å²) in [5.41, 5.74) is 0.0680. The summed E-state index contributed by atoms with van der Waals surface area (Å²) in [5, 5.41) is 10.5. The van der Waals surface area contributed by atoms with E-state index in [1.807, 2.05) is 0 Å². The molecule has 0 bridgehead atoms. The zero-order chi connectivity index (χ0) is 14.7. The molecule has 3 heteroatoms. The Morgan fingerprint density at radius 3 is 2.67 bits per heavy atom. The van der Waals surface area contributed by atoms with E-state index in [2.05, 4.69) is 6.92 Å². The van der Waals surface area contributed by atoms with Crippen LogP contribution in [-0.2, 0) is 9.47 Å². The Morgan fingerprint density at radius 1 is 1.10 bits per heavy atom. The lowest BCUT2D eigenvalue weighted by Crippen LogP contribution is -2.48. The van der Waals surface area contributed by atoms with Gasteiger partial charge in [0.25, 0.3) is 0 Å². The maximum Gasteiger partial charge on any atom is 0.0729 e. The van der Waals surface area contributed by atoms with Gasteiger partial charge in [0.2, 0.25) is 0 Å². The normalized spacial score (nSPS) is 40.3. The second kappa shape index (κ2) is 6.97. The molecule has 0 aromatic carbocycles. The minimum Gasteiger partial charge on any atom is -0.393 e. The summed E-state index contributed by atoms with van der Waals surface area (Å²) in [6.07, 6.45) is 10.4. The Balaban J connectivity index is 1.63. The molecule has 3 fully saturated rings. The van der Waals surface area contributed by atoms with Crippen molar-refractivity contribution in [3.8, 4) is 0 Å². The monoisotopic (exact) mass is 296 g/mol. The Labute approximate surface area is 129 Å². The standard InChI is InChI=1S/C18H32O3/c1-2-3-14-4-5-17(19)16(12-14)15-6-9-21-18(13-15)7-10-20-11-8-18/h14-17,19H,2-13H2,1H3. The number of hydrogen-bond acceptors (Lipinski definition) is 3. The molecule has 1 aliphatic carbocycles. The lowest BCUT2D eigenvalue weighted by Gasteiger charge is -2.47. The number of aliphatic hydroxyl groups is 1. The summed E-state index contributed by atoms with van der Waals surface area (Å²) in [7, 11) is 0. The van der Waals surface area contributed by atoms with Gasteiger partial charge in [-0.3, -0.25) is 0 Å². The van der Waals surface area contributed by atoms with Crippen molar-refractivity contribution in [2.45, 2.75) is 76.4 Å². The van der Waals surface area contributed by atoms with Gasteiger partial charge in [-0.05, 0) is 62.7 Å². The number of rotatable bonds is 3. The maximum absolute atomic E-state index is 10.5. The Kier molecular flexibility index (Phi) is 5.23. The van der Waals surface area contributed by atoms with Gasteiger partial charge >= 0.3 is 0 Å². The van der Waals surface area contributed by atoms with Crippen molar-refractivity contribution in [1.82, 2.24) is 0 Å². The van der Waals surface area contributed by atoms with E-state index < -0.39 is 0 Å². The predicted octanol–water partition coefficient (Wildman–Crippen LogP) is 3.54. The minimum absolute atomic E-state index is 0.0680. The molecule has 0 aromatic rings. The molecule has 2 saturated heterocycles. The van der Waals surface area contributed by atoms with Gasteiger partial charge in [0.1, 0.15) is 0 Å². The Hall–Kier alpha value is -0.120. The zero-order valence-electron chi connectivity index (χ0n) is 13.6. The third-order valence-electron chi connectivity index (χ3n) is 6.21. The quantitative estimate of drug-likeness (QED) is 0.866. The van der Waals surface area contributed by atoms with E-state index in [9.17, 15) is 5.11 Å². The molecule has 3 nitrogen and oxygen atoms in total. The summed E-state index contributed by atoms with van der Waals surface area (Å²) in [4.78, 5) is 0. The van der Waals surface area contributed by atoms with Crippen LogP contribution in [0.15, 0.2) is 0 Å². The third-order valence-corrected chi connectivity index (χ3v) is 6.21. The summed E-state index contributed by atoms with van der Waals surface area (Å²) >= 11 is 0. The summed E-state index contributed by atoms with van der Waals surface area (Å²) in [6.45, 7) is 4.86. The smallest absolute Gasteiger partial charge is 0.0729 e. The molecule has 122 valence electrons. The van der Waals surface area contributed by atoms with Gasteiger partial charge in [-0.2, -0.15) is 0 Å². The molecule has 1 N–H and O–H groups in total. The topological polar surface area (TPSA) is 38.7 Å². The van der Waals surface area contributed by atoms with Gasteiger partial charge in [0.15, 0.2) is 0 Å². The SMILES string of the molecule is CCCC1CCC(O)C(C2CCOC3(CCOCC3)C2)C1. The first-order valence-electron chi connectivity index (χ1n) is 9.12. The number of hydrogen-bond donors (Lipinski definition) is 1. The van der Waals surface area contributed by atoms with Crippen molar-refractivity contribution >= 4 is 0 Å². The van der Waals surface area contributed by atoms with E-state index in [1.165, 1.54) is 25.7 Å². The van der Waals surface area contributed by atoms with E-state index in [4.69, 9.17) is 9.47 Å². The molecule has 0 radical (unpaired) electrons. The van der Waals surface area contributed by atoms with Crippen LogP contribution in [0.1, 0.15) is 64.7 Å². The first-order chi connectivity index (χ1) is 10.2. The molecular formula is C18H32O3. The van der Waals surface area contributed by atoms with Crippen molar-refractivity contribution in [2.24, 2.45) is 17.8 Å². The highest BCUT2D eigenvalue weighted by Crippen LogP contribution is 2.45. The third kappa shape index (κ3) is 3.62. The zero-order valence-corrected chi connectivity index (χ0v) is 13.6. The molecule has 4 atom stereocenters. The van der Waals surface area contributed by atoms with Crippen LogP contribution in [0.2, 0.25) is 0 Å². The van der Waals surface area contributed by atoms with Gasteiger partial charge in [-0.15, -0.1) is 0 Å². The molecule has 2 aliphatic heterocycles. The summed E-state index contributed by atoms with van der Waals surface area (Å²) < 4.78 is 11.7. The van der Waals surface area contributed by atoms with Crippen LogP contribution in [-0.4, -0.2) is 36.6 Å². The second-order valence-electron chi connectivity index (χ2n) is 7.60. The first-order valence-corrected chi connectivity index (χ1v) is 9.12. The van der Waals surface area contributed by atoms with Gasteiger partial charge < -0.3 is 14.6 Å². The lowest BCUT2D eigenvalue weighted by molar-refractivity contribution is -0.161. The average Bonchev–Trinajstić information content (AvgIpc) is 2.50. The Bertz CT molecular complexity index is 319. The van der Waals surface area contributed by atoms with E-state index in [1.54, 1.807) is 0 Å². The molecule has 3 rings (SSSR count). The molecule has 2 heterocycles. The number of ether oxygens (including phenoxy) is 2. The summed E-state index contributed by atoms with van der Waals surface area (Å²) in [5.74, 6) is 2.02. The van der Waals surface area contributed by atoms with Crippen LogP contribution < -0.4 is 0 Å². The number of aliphatic hydroxyl groups excluding tert-OH is 1. The van der Waals surface area contributed by atoms with Crippen LogP contribution in [0.25, 0.3) is 0 Å². The molecular weight excluding hydrogens is 264 g/mol. The fourth-order valence-electron chi connectivity index (χ4n) is 4.98. The second-order valence-corrected chi connectivity index (χ2v) is 7.60. The fourth-order valence-corrected chi connectivity index (χ4v) is 4.98. The first kappa shape index (κ1) is 15.8. The van der Waals surface area contributed by atoms with Crippen LogP contribution in [0.4, 0.5) is 0 Å². The van der Waals surface area contributed by atoms with E-state index in [-0.39, 0.29) is 11.7 Å².